The largest absolute Gasteiger partial charge is 0.463 e. The van der Waals surface area contributed by atoms with E-state index in [1.54, 1.807) is 0 Å². The molecule has 0 spiro atoms. The fourth-order valence-electron chi connectivity index (χ4n) is 2.28. The first kappa shape index (κ1) is 20.2. The fourth-order valence-corrected chi connectivity index (χ4v) is 2.62. The summed E-state index contributed by atoms with van der Waals surface area (Å²) in [6, 6.07) is -0.953. The van der Waals surface area contributed by atoms with Gasteiger partial charge >= 0.3 is 17.9 Å². The van der Waals surface area contributed by atoms with Gasteiger partial charge in [0.25, 0.3) is 0 Å². The molecule has 9 nitrogen and oxygen atoms in total. The lowest BCUT2D eigenvalue weighted by molar-refractivity contribution is -0.212. The maximum atomic E-state index is 11.4. The molecule has 1 N–H and O–H groups in total. The molecule has 24 heavy (non-hydrogen) atoms. The molecular formula is C14H20ClNO8. The summed E-state index contributed by atoms with van der Waals surface area (Å²) >= 11 is 6.11. The molecule has 5 atom stereocenters. The summed E-state index contributed by atoms with van der Waals surface area (Å²) in [5.41, 5.74) is -1.09. The van der Waals surface area contributed by atoms with E-state index in [2.05, 4.69) is 5.32 Å². The molecule has 1 fully saturated rings. The van der Waals surface area contributed by atoms with E-state index >= 15 is 0 Å². The minimum Gasteiger partial charge on any atom is -0.463 e. The third kappa shape index (κ3) is 5.97. The molecule has 0 bridgehead atoms. The quantitative estimate of drug-likeness (QED) is 0.407. The lowest BCUT2D eigenvalue weighted by atomic mass is 9.97. The molecule has 1 saturated heterocycles. The number of ether oxygens (including phenoxy) is 4. The molecule has 3 unspecified atom stereocenters. The van der Waals surface area contributed by atoms with Crippen LogP contribution in [0.25, 0.3) is 0 Å². The van der Waals surface area contributed by atoms with Crippen molar-refractivity contribution in [1.82, 2.24) is 5.32 Å². The van der Waals surface area contributed by atoms with Gasteiger partial charge in [-0.05, 0) is 0 Å². The molecule has 0 aromatic heterocycles. The van der Waals surface area contributed by atoms with E-state index in [1.807, 2.05) is 0 Å². The Labute approximate surface area is 143 Å². The molecule has 1 heterocycles. The van der Waals surface area contributed by atoms with Crippen LogP contribution in [0.3, 0.4) is 0 Å². The Hall–Kier alpha value is -1.87. The van der Waals surface area contributed by atoms with Gasteiger partial charge in [0, 0.05) is 27.7 Å². The Kier molecular flexibility index (Phi) is 7.43. The first-order valence-electron chi connectivity index (χ1n) is 7.16. The number of hydrogen-bond acceptors (Lipinski definition) is 8. The molecular weight excluding hydrogens is 346 g/mol. The smallest absolute Gasteiger partial charge is 0.303 e. The average Bonchev–Trinajstić information content (AvgIpc) is 2.42. The normalized spacial score (nSPS) is 29.3. The van der Waals surface area contributed by atoms with Gasteiger partial charge in [0.1, 0.15) is 18.8 Å². The van der Waals surface area contributed by atoms with E-state index in [4.69, 9.17) is 30.5 Å². The highest BCUT2D eigenvalue weighted by Gasteiger charge is 2.50. The summed E-state index contributed by atoms with van der Waals surface area (Å²) < 4.78 is 20.7. The van der Waals surface area contributed by atoms with Crippen molar-refractivity contribution >= 4 is 35.4 Å². The van der Waals surface area contributed by atoms with Crippen LogP contribution in [0.4, 0.5) is 0 Å². The third-order valence-electron chi connectivity index (χ3n) is 3.06. The number of rotatable bonds is 5. The first-order chi connectivity index (χ1) is 11.1. The van der Waals surface area contributed by atoms with Crippen molar-refractivity contribution in [1.29, 1.82) is 0 Å². The minimum absolute atomic E-state index is 0.263. The Morgan fingerprint density at radius 1 is 0.958 bits per heavy atom. The predicted octanol–water partition coefficient (Wildman–Crippen LogP) is -0.119. The van der Waals surface area contributed by atoms with Crippen LogP contribution in [0.2, 0.25) is 0 Å². The molecule has 0 aromatic rings. The molecule has 0 aromatic carbocycles. The SMILES string of the molecule is CC(=O)NC1C(OC(C)=O)[C@H](OC(C)=O)C(COC(C)=O)O[C@H]1Cl. The fraction of sp³-hybridized carbons (Fsp3) is 0.714. The van der Waals surface area contributed by atoms with Crippen LogP contribution in [0, 0.1) is 0 Å². The van der Waals surface area contributed by atoms with E-state index in [1.165, 1.54) is 13.8 Å². The van der Waals surface area contributed by atoms with Gasteiger partial charge < -0.3 is 24.3 Å². The highest BCUT2D eigenvalue weighted by atomic mass is 35.5. The molecule has 0 saturated carbocycles. The van der Waals surface area contributed by atoms with E-state index in [-0.39, 0.29) is 6.61 Å². The average molecular weight is 366 g/mol. The number of hydrogen-bond donors (Lipinski definition) is 1. The molecule has 1 rings (SSSR count). The van der Waals surface area contributed by atoms with Crippen molar-refractivity contribution in [2.45, 2.75) is 57.6 Å². The lowest BCUT2D eigenvalue weighted by Crippen LogP contribution is -2.64. The van der Waals surface area contributed by atoms with Gasteiger partial charge in [0.15, 0.2) is 17.8 Å². The highest BCUT2D eigenvalue weighted by Crippen LogP contribution is 2.28. The summed E-state index contributed by atoms with van der Waals surface area (Å²) in [5.74, 6) is -2.33. The van der Waals surface area contributed by atoms with E-state index < -0.39 is 53.7 Å². The Morgan fingerprint density at radius 2 is 1.50 bits per heavy atom. The number of nitrogens with one attached hydrogen (secondary N) is 1. The molecule has 136 valence electrons. The molecule has 1 aliphatic heterocycles. The van der Waals surface area contributed by atoms with Crippen LogP contribution in [0.1, 0.15) is 27.7 Å². The van der Waals surface area contributed by atoms with Crippen molar-refractivity contribution in [3.05, 3.63) is 0 Å². The van der Waals surface area contributed by atoms with Gasteiger partial charge in [0.2, 0.25) is 5.91 Å². The second kappa shape index (κ2) is 8.84. The maximum Gasteiger partial charge on any atom is 0.303 e. The van der Waals surface area contributed by atoms with Gasteiger partial charge in [-0.1, -0.05) is 11.6 Å². The molecule has 0 aliphatic carbocycles. The molecule has 0 radical (unpaired) electrons. The van der Waals surface area contributed by atoms with Crippen LogP contribution in [-0.2, 0) is 38.1 Å². The van der Waals surface area contributed by atoms with E-state index in [0.29, 0.717) is 0 Å². The van der Waals surface area contributed by atoms with Gasteiger partial charge in [-0.3, -0.25) is 19.2 Å². The van der Waals surface area contributed by atoms with Gasteiger partial charge in [-0.2, -0.15) is 0 Å². The van der Waals surface area contributed by atoms with Crippen molar-refractivity contribution < 1.29 is 38.1 Å². The lowest BCUT2D eigenvalue weighted by Gasteiger charge is -2.43. The summed E-state index contributed by atoms with van der Waals surface area (Å²) in [6.45, 7) is 4.51. The zero-order valence-electron chi connectivity index (χ0n) is 13.7. The van der Waals surface area contributed by atoms with Crippen LogP contribution in [-0.4, -0.2) is 60.3 Å². The van der Waals surface area contributed by atoms with E-state index in [9.17, 15) is 19.2 Å². The number of amides is 1. The van der Waals surface area contributed by atoms with Crippen LogP contribution >= 0.6 is 11.6 Å². The van der Waals surface area contributed by atoms with E-state index in [0.717, 1.165) is 13.8 Å². The summed E-state index contributed by atoms with van der Waals surface area (Å²) in [5, 5.41) is 2.50. The molecule has 1 amide bonds. The zero-order valence-corrected chi connectivity index (χ0v) is 14.5. The summed E-state index contributed by atoms with van der Waals surface area (Å²) in [6.07, 6.45) is -3.18. The number of carbonyl (C=O) groups is 4. The number of alkyl halides is 1. The van der Waals surface area contributed by atoms with Crippen molar-refractivity contribution in [2.75, 3.05) is 6.61 Å². The highest BCUT2D eigenvalue weighted by molar-refractivity contribution is 6.20. The van der Waals surface area contributed by atoms with Crippen molar-refractivity contribution in [2.24, 2.45) is 0 Å². The Balaban J connectivity index is 3.11. The maximum absolute atomic E-state index is 11.4. The van der Waals surface area contributed by atoms with Crippen molar-refractivity contribution in [3.63, 3.8) is 0 Å². The molecule has 1 aliphatic rings. The minimum atomic E-state index is -1.11. The van der Waals surface area contributed by atoms with Gasteiger partial charge in [-0.15, -0.1) is 0 Å². The van der Waals surface area contributed by atoms with Gasteiger partial charge in [-0.25, -0.2) is 0 Å². The third-order valence-corrected chi connectivity index (χ3v) is 3.43. The number of esters is 3. The Morgan fingerprint density at radius 3 is 1.96 bits per heavy atom. The summed E-state index contributed by atoms with van der Waals surface area (Å²) in [4.78, 5) is 45.2. The standard InChI is InChI=1S/C14H20ClNO8/c1-6(17)16-11-13(23-9(4)20)12(22-8(3)19)10(24-14(11)15)5-21-7(2)18/h10-14H,5H2,1-4H3,(H,16,17)/t10?,11?,12-,13?,14-/m1/s1. The second-order valence-electron chi connectivity index (χ2n) is 5.20. The monoisotopic (exact) mass is 365 g/mol. The summed E-state index contributed by atoms with van der Waals surface area (Å²) in [7, 11) is 0. The molecule has 10 heteroatoms. The topological polar surface area (TPSA) is 117 Å². The van der Waals surface area contributed by atoms with Crippen molar-refractivity contribution in [3.8, 4) is 0 Å². The number of carbonyl (C=O) groups excluding carboxylic acids is 4. The first-order valence-corrected chi connectivity index (χ1v) is 7.60. The second-order valence-corrected chi connectivity index (χ2v) is 5.63. The van der Waals surface area contributed by atoms with Crippen LogP contribution in [0.15, 0.2) is 0 Å². The number of halogens is 1. The predicted molar refractivity (Wildman–Crippen MR) is 79.9 cm³/mol. The van der Waals surface area contributed by atoms with Crippen LogP contribution < -0.4 is 5.32 Å². The Bertz CT molecular complexity index is 511. The van der Waals surface area contributed by atoms with Crippen LogP contribution in [0.5, 0.6) is 0 Å². The van der Waals surface area contributed by atoms with Gasteiger partial charge in [0.05, 0.1) is 0 Å². The zero-order chi connectivity index (χ0) is 18.4.